The highest BCUT2D eigenvalue weighted by Crippen LogP contribution is 2.52. The fourth-order valence-corrected chi connectivity index (χ4v) is 7.34. The minimum absolute atomic E-state index is 0.0774. The molecule has 0 spiro atoms. The van der Waals surface area contributed by atoms with Gasteiger partial charge in [0, 0.05) is 11.1 Å². The molecule has 1 aromatic carbocycles. The Balaban J connectivity index is 2.34. The molecule has 0 saturated carbocycles. The van der Waals surface area contributed by atoms with Crippen molar-refractivity contribution in [2.75, 3.05) is 0 Å². The van der Waals surface area contributed by atoms with E-state index in [9.17, 15) is 9.59 Å². The number of morpholine rings is 1. The maximum atomic E-state index is 13.5. The molecule has 0 aliphatic carbocycles. The van der Waals surface area contributed by atoms with Crippen LogP contribution >= 0.6 is 0 Å². The van der Waals surface area contributed by atoms with E-state index in [-0.39, 0.29) is 11.8 Å². The first-order chi connectivity index (χ1) is 11.3. The number of carbonyl (C=O) groups excluding carboxylic acids is 2. The van der Waals surface area contributed by atoms with Gasteiger partial charge < -0.3 is 4.74 Å². The molecule has 1 fully saturated rings. The molecule has 5 heteroatoms. The third-order valence-corrected chi connectivity index (χ3v) is 7.97. The minimum Gasteiger partial charge on any atom is -0.456 e. The van der Waals surface area contributed by atoms with E-state index >= 15 is 0 Å². The van der Waals surface area contributed by atoms with Crippen LogP contribution in [0.5, 0.6) is 0 Å². The third-order valence-electron chi connectivity index (χ3n) is 5.72. The summed E-state index contributed by atoms with van der Waals surface area (Å²) in [5.74, 6) is -0.450. The topological polar surface area (TPSA) is 55.4 Å². The van der Waals surface area contributed by atoms with E-state index in [0.717, 1.165) is 5.20 Å². The summed E-state index contributed by atoms with van der Waals surface area (Å²) in [6.45, 7) is 14.4. The van der Waals surface area contributed by atoms with Gasteiger partial charge in [-0.2, -0.15) is 0 Å². The predicted octanol–water partition coefficient (Wildman–Crippen LogP) is 3.50. The molecule has 0 unspecified atom stereocenters. The molecule has 134 valence electrons. The van der Waals surface area contributed by atoms with Crippen LogP contribution in [0.15, 0.2) is 41.1 Å². The monoisotopic (exact) mass is 357 g/mol. The van der Waals surface area contributed by atoms with Crippen LogP contribution in [0.1, 0.15) is 38.1 Å². The lowest BCUT2D eigenvalue weighted by atomic mass is 9.83. The SMILES string of the molecule is CC1(C)OC(=O)[C@@]2(C)N[C@]1(C)C([Si](C)(C)C)=C2C(=O)c1ccccc1. The van der Waals surface area contributed by atoms with Gasteiger partial charge in [-0.05, 0) is 32.9 Å². The van der Waals surface area contributed by atoms with Gasteiger partial charge in [-0.25, -0.2) is 4.79 Å². The van der Waals surface area contributed by atoms with Crippen molar-refractivity contribution in [1.82, 2.24) is 5.32 Å². The number of fused-ring (bicyclic) bond motifs is 2. The molecule has 4 nitrogen and oxygen atoms in total. The number of ketones is 1. The highest BCUT2D eigenvalue weighted by Gasteiger charge is 2.67. The average Bonchev–Trinajstić information content (AvgIpc) is 2.74. The van der Waals surface area contributed by atoms with Gasteiger partial charge in [-0.3, -0.25) is 10.1 Å². The zero-order valence-corrected chi connectivity index (χ0v) is 17.1. The lowest BCUT2D eigenvalue weighted by molar-refractivity contribution is -0.178. The van der Waals surface area contributed by atoms with Crippen molar-refractivity contribution in [1.29, 1.82) is 0 Å². The maximum absolute atomic E-state index is 13.5. The van der Waals surface area contributed by atoms with Crippen LogP contribution in [0.2, 0.25) is 19.6 Å². The standard InChI is InChI=1S/C20H27NO3Si/c1-18(2)20(4)16(25(5,6)7)14(19(3,21-20)17(23)24-18)15(22)13-11-9-8-10-12-13/h8-12,21H,1-7H3/t19-,20+/m0/s1. The number of carbonyl (C=O) groups is 2. The van der Waals surface area contributed by atoms with Crippen molar-refractivity contribution in [3.8, 4) is 0 Å². The zero-order valence-electron chi connectivity index (χ0n) is 16.1. The van der Waals surface area contributed by atoms with Crippen LogP contribution < -0.4 is 5.32 Å². The first-order valence-electron chi connectivity index (χ1n) is 8.73. The number of cyclic esters (lactones) is 1. The number of rotatable bonds is 3. The van der Waals surface area contributed by atoms with Gasteiger partial charge in [0.25, 0.3) is 0 Å². The molecule has 0 aromatic heterocycles. The van der Waals surface area contributed by atoms with E-state index in [1.807, 2.05) is 44.2 Å². The maximum Gasteiger partial charge on any atom is 0.331 e. The smallest absolute Gasteiger partial charge is 0.331 e. The number of esters is 1. The molecule has 0 radical (unpaired) electrons. The molecule has 2 aliphatic heterocycles. The summed E-state index contributed by atoms with van der Waals surface area (Å²) in [7, 11) is -1.94. The second-order valence-electron chi connectivity index (χ2n) is 8.97. The summed E-state index contributed by atoms with van der Waals surface area (Å²) in [6, 6.07) is 9.20. The van der Waals surface area contributed by atoms with Crippen LogP contribution in [-0.4, -0.2) is 36.5 Å². The molecule has 2 atom stereocenters. The van der Waals surface area contributed by atoms with Crippen molar-refractivity contribution >= 4 is 19.8 Å². The number of ether oxygens (including phenoxy) is 1. The molecule has 2 heterocycles. The Morgan fingerprint density at radius 2 is 1.60 bits per heavy atom. The molecule has 2 bridgehead atoms. The quantitative estimate of drug-likeness (QED) is 0.511. The summed E-state index contributed by atoms with van der Waals surface area (Å²) in [5, 5.41) is 4.60. The van der Waals surface area contributed by atoms with Gasteiger partial charge in [-0.1, -0.05) is 50.0 Å². The van der Waals surface area contributed by atoms with Crippen molar-refractivity contribution < 1.29 is 14.3 Å². The van der Waals surface area contributed by atoms with Crippen LogP contribution in [0.4, 0.5) is 0 Å². The lowest BCUT2D eigenvalue weighted by Crippen LogP contribution is -2.71. The Labute approximate surface area is 150 Å². The summed E-state index contributed by atoms with van der Waals surface area (Å²) in [4.78, 5) is 26.4. The molecular formula is C20H27NO3Si. The molecule has 0 amide bonds. The van der Waals surface area contributed by atoms with Crippen LogP contribution in [-0.2, 0) is 9.53 Å². The second kappa shape index (κ2) is 5.14. The van der Waals surface area contributed by atoms with E-state index in [4.69, 9.17) is 4.74 Å². The van der Waals surface area contributed by atoms with Crippen molar-refractivity contribution in [2.45, 2.75) is 64.0 Å². The number of hydrogen-bond donors (Lipinski definition) is 1. The van der Waals surface area contributed by atoms with E-state index < -0.39 is 24.8 Å². The summed E-state index contributed by atoms with van der Waals surface area (Å²) < 4.78 is 5.84. The number of Topliss-reactive ketones (excluding diaryl/α,β-unsaturated/α-hetero) is 1. The van der Waals surface area contributed by atoms with Crippen LogP contribution in [0.3, 0.4) is 0 Å². The first-order valence-corrected chi connectivity index (χ1v) is 12.2. The van der Waals surface area contributed by atoms with Gasteiger partial charge in [0.05, 0.1) is 13.6 Å². The van der Waals surface area contributed by atoms with Gasteiger partial charge in [-0.15, -0.1) is 0 Å². The van der Waals surface area contributed by atoms with E-state index in [1.165, 1.54) is 0 Å². The number of benzene rings is 1. The lowest BCUT2D eigenvalue weighted by Gasteiger charge is -2.50. The molecule has 1 saturated heterocycles. The number of hydrogen-bond acceptors (Lipinski definition) is 4. The molecule has 2 aliphatic rings. The number of nitrogens with one attached hydrogen (secondary N) is 1. The van der Waals surface area contributed by atoms with Gasteiger partial charge >= 0.3 is 5.97 Å². The molecule has 1 aromatic rings. The molecule has 3 rings (SSSR count). The normalized spacial score (nSPS) is 31.1. The van der Waals surface area contributed by atoms with E-state index in [1.54, 1.807) is 6.92 Å². The average molecular weight is 358 g/mol. The molecular weight excluding hydrogens is 330 g/mol. The third kappa shape index (κ3) is 2.36. The molecule has 1 N–H and O–H groups in total. The fraction of sp³-hybridized carbons (Fsp3) is 0.500. The van der Waals surface area contributed by atoms with Crippen molar-refractivity contribution in [3.05, 3.63) is 46.7 Å². The fourth-order valence-electron chi connectivity index (χ4n) is 4.36. The highest BCUT2D eigenvalue weighted by atomic mass is 28.3. The Morgan fingerprint density at radius 3 is 2.12 bits per heavy atom. The zero-order chi connectivity index (χ0) is 18.8. The Hall–Kier alpha value is -1.72. The van der Waals surface area contributed by atoms with E-state index in [2.05, 4.69) is 31.9 Å². The van der Waals surface area contributed by atoms with Crippen molar-refractivity contribution in [2.24, 2.45) is 0 Å². The predicted molar refractivity (Wildman–Crippen MR) is 101 cm³/mol. The Kier molecular flexibility index (Phi) is 3.72. The second-order valence-corrected chi connectivity index (χ2v) is 14.0. The highest BCUT2D eigenvalue weighted by molar-refractivity contribution is 6.84. The largest absolute Gasteiger partial charge is 0.456 e. The summed E-state index contributed by atoms with van der Waals surface area (Å²) in [5.41, 5.74) is -1.18. The molecule has 25 heavy (non-hydrogen) atoms. The first kappa shape index (κ1) is 18.1. The van der Waals surface area contributed by atoms with Crippen LogP contribution in [0, 0.1) is 0 Å². The summed E-state index contributed by atoms with van der Waals surface area (Å²) >= 11 is 0. The Morgan fingerprint density at radius 1 is 1.04 bits per heavy atom. The minimum atomic E-state index is -1.94. The van der Waals surface area contributed by atoms with Gasteiger partial charge in [0.2, 0.25) is 0 Å². The Bertz CT molecular complexity index is 791. The van der Waals surface area contributed by atoms with E-state index in [0.29, 0.717) is 11.1 Å². The van der Waals surface area contributed by atoms with Crippen molar-refractivity contribution in [3.63, 3.8) is 0 Å². The summed E-state index contributed by atoms with van der Waals surface area (Å²) in [6.07, 6.45) is 0. The van der Waals surface area contributed by atoms with Crippen LogP contribution in [0.25, 0.3) is 0 Å². The van der Waals surface area contributed by atoms with Gasteiger partial charge in [0.1, 0.15) is 11.1 Å². The van der Waals surface area contributed by atoms with Gasteiger partial charge in [0.15, 0.2) is 5.78 Å².